The minimum absolute atomic E-state index is 0.137. The minimum Gasteiger partial charge on any atom is -0.399 e. The van der Waals surface area contributed by atoms with Crippen LogP contribution in [0.1, 0.15) is 69.8 Å². The second kappa shape index (κ2) is 6.67. The molecule has 1 saturated heterocycles. The normalized spacial score (nSPS) is 39.7. The van der Waals surface area contributed by atoms with Gasteiger partial charge >= 0.3 is 0 Å². The standard InChI is InChI=1S/C26H33NO3/c1-25-14-19(28)12-23(25)21-7-4-17-13-26(29-10-11-30-26)9-8-20(17)24(21)22(15-25)16-2-5-18(27)6-3-16/h2-3,5-6,17,21-23H,4,7-15,27H2,1H3. The van der Waals surface area contributed by atoms with Crippen LogP contribution in [0.2, 0.25) is 0 Å². The third kappa shape index (κ3) is 2.83. The summed E-state index contributed by atoms with van der Waals surface area (Å²) in [6.45, 7) is 3.85. The molecule has 5 unspecified atom stereocenters. The number of ether oxygens (including phenoxy) is 2. The summed E-state index contributed by atoms with van der Waals surface area (Å²) in [4.78, 5) is 12.6. The molecule has 2 N–H and O–H groups in total. The summed E-state index contributed by atoms with van der Waals surface area (Å²) in [6, 6.07) is 8.53. The third-order valence-corrected chi connectivity index (χ3v) is 9.05. The Hall–Kier alpha value is -1.65. The van der Waals surface area contributed by atoms with Gasteiger partial charge in [0.2, 0.25) is 0 Å². The average molecular weight is 408 g/mol. The second-order valence-corrected chi connectivity index (χ2v) is 10.8. The van der Waals surface area contributed by atoms with Crippen molar-refractivity contribution in [3.63, 3.8) is 0 Å². The van der Waals surface area contributed by atoms with Crippen LogP contribution in [0.25, 0.3) is 0 Å². The topological polar surface area (TPSA) is 61.6 Å². The molecular weight excluding hydrogens is 374 g/mol. The smallest absolute Gasteiger partial charge is 0.169 e. The Kier molecular flexibility index (Phi) is 4.24. The Morgan fingerprint density at radius 1 is 1.07 bits per heavy atom. The Bertz CT molecular complexity index is 897. The molecule has 30 heavy (non-hydrogen) atoms. The van der Waals surface area contributed by atoms with Crippen molar-refractivity contribution in [1.29, 1.82) is 0 Å². The fourth-order valence-corrected chi connectivity index (χ4v) is 7.82. The van der Waals surface area contributed by atoms with E-state index in [4.69, 9.17) is 15.2 Å². The fourth-order valence-electron chi connectivity index (χ4n) is 7.82. The van der Waals surface area contributed by atoms with Crippen LogP contribution in [0.4, 0.5) is 5.69 Å². The van der Waals surface area contributed by atoms with E-state index in [0.717, 1.165) is 57.4 Å². The van der Waals surface area contributed by atoms with Crippen LogP contribution in [-0.2, 0) is 14.3 Å². The van der Waals surface area contributed by atoms with Crippen LogP contribution in [-0.4, -0.2) is 24.8 Å². The third-order valence-electron chi connectivity index (χ3n) is 9.05. The molecule has 0 radical (unpaired) electrons. The molecule has 160 valence electrons. The first-order valence-electron chi connectivity index (χ1n) is 11.8. The molecule has 1 aliphatic heterocycles. The van der Waals surface area contributed by atoms with Gasteiger partial charge in [0, 0.05) is 37.3 Å². The Morgan fingerprint density at radius 2 is 1.83 bits per heavy atom. The van der Waals surface area contributed by atoms with Gasteiger partial charge in [-0.05, 0) is 66.5 Å². The molecule has 4 nitrogen and oxygen atoms in total. The van der Waals surface area contributed by atoms with E-state index in [9.17, 15) is 4.79 Å². The number of hydrogen-bond acceptors (Lipinski definition) is 4. The molecular formula is C26H33NO3. The van der Waals surface area contributed by atoms with Crippen molar-refractivity contribution >= 4 is 11.5 Å². The fraction of sp³-hybridized carbons (Fsp3) is 0.654. The van der Waals surface area contributed by atoms with E-state index < -0.39 is 0 Å². The van der Waals surface area contributed by atoms with Crippen molar-refractivity contribution < 1.29 is 14.3 Å². The molecule has 1 aromatic carbocycles. The largest absolute Gasteiger partial charge is 0.399 e. The number of carbonyl (C=O) groups is 1. The number of ketones is 1. The highest BCUT2D eigenvalue weighted by Crippen LogP contribution is 2.64. The second-order valence-electron chi connectivity index (χ2n) is 10.8. The predicted octanol–water partition coefficient (Wildman–Crippen LogP) is 4.99. The van der Waals surface area contributed by atoms with Crippen molar-refractivity contribution in [2.45, 2.75) is 70.0 Å². The number of hydrogen-bond donors (Lipinski definition) is 1. The van der Waals surface area contributed by atoms with Gasteiger partial charge < -0.3 is 15.2 Å². The zero-order valence-corrected chi connectivity index (χ0v) is 18.0. The summed E-state index contributed by atoms with van der Waals surface area (Å²) in [6.07, 6.45) is 8.13. The molecule has 0 amide bonds. The number of fused-ring (bicyclic) bond motifs is 4. The molecule has 5 aliphatic rings. The van der Waals surface area contributed by atoms with Gasteiger partial charge in [0.25, 0.3) is 0 Å². The van der Waals surface area contributed by atoms with E-state index in [-0.39, 0.29) is 11.2 Å². The lowest BCUT2D eigenvalue weighted by Gasteiger charge is -2.53. The van der Waals surface area contributed by atoms with Crippen molar-refractivity contribution in [3.8, 4) is 0 Å². The van der Waals surface area contributed by atoms with E-state index in [1.54, 1.807) is 11.1 Å². The molecule has 0 aromatic heterocycles. The van der Waals surface area contributed by atoms with Crippen molar-refractivity contribution in [3.05, 3.63) is 41.0 Å². The van der Waals surface area contributed by atoms with Gasteiger partial charge in [0.15, 0.2) is 5.79 Å². The zero-order chi connectivity index (χ0) is 20.5. The van der Waals surface area contributed by atoms with Crippen LogP contribution in [0, 0.1) is 23.2 Å². The summed E-state index contributed by atoms with van der Waals surface area (Å²) in [5, 5.41) is 0. The average Bonchev–Trinajstić information content (AvgIpc) is 3.30. The number of carbonyl (C=O) groups excluding carboxylic acids is 1. The first-order chi connectivity index (χ1) is 14.5. The maximum atomic E-state index is 12.6. The van der Waals surface area contributed by atoms with Gasteiger partial charge in [0.05, 0.1) is 13.2 Å². The summed E-state index contributed by atoms with van der Waals surface area (Å²) in [5.41, 5.74) is 11.7. The van der Waals surface area contributed by atoms with E-state index in [1.807, 2.05) is 12.1 Å². The highest BCUT2D eigenvalue weighted by Gasteiger charge is 2.56. The quantitative estimate of drug-likeness (QED) is 0.526. The van der Waals surface area contributed by atoms with E-state index in [1.165, 1.54) is 18.4 Å². The Balaban J connectivity index is 1.44. The zero-order valence-electron chi connectivity index (χ0n) is 18.0. The van der Waals surface area contributed by atoms with Crippen LogP contribution >= 0.6 is 0 Å². The minimum atomic E-state index is -0.329. The van der Waals surface area contributed by atoms with Crippen molar-refractivity contribution in [2.75, 3.05) is 18.9 Å². The number of benzene rings is 1. The number of allylic oxidation sites excluding steroid dienone is 2. The SMILES string of the molecule is CC12CC(=O)CC1C1CCC3CC4(CCC3=C1C(c1ccc(N)cc1)C2)OCCO4. The molecule has 0 bridgehead atoms. The molecule has 4 aliphatic carbocycles. The van der Waals surface area contributed by atoms with Crippen LogP contribution in [0.5, 0.6) is 0 Å². The summed E-state index contributed by atoms with van der Waals surface area (Å²) in [5.74, 6) is 2.21. The molecule has 1 aromatic rings. The van der Waals surface area contributed by atoms with Crippen LogP contribution < -0.4 is 5.73 Å². The first-order valence-corrected chi connectivity index (χ1v) is 11.8. The number of nitrogens with two attached hydrogens (primary N) is 1. The molecule has 5 atom stereocenters. The maximum Gasteiger partial charge on any atom is 0.169 e. The van der Waals surface area contributed by atoms with Gasteiger partial charge in [-0.15, -0.1) is 0 Å². The predicted molar refractivity (Wildman–Crippen MR) is 116 cm³/mol. The van der Waals surface area contributed by atoms with Crippen molar-refractivity contribution in [1.82, 2.24) is 0 Å². The summed E-state index contributed by atoms with van der Waals surface area (Å²) in [7, 11) is 0. The maximum absolute atomic E-state index is 12.6. The Labute approximate surface area is 179 Å². The van der Waals surface area contributed by atoms with Crippen LogP contribution in [0.15, 0.2) is 35.4 Å². The number of Topliss-reactive ketones (excluding diaryl/α,β-unsaturated/α-hetero) is 1. The summed E-state index contributed by atoms with van der Waals surface area (Å²) < 4.78 is 12.2. The highest BCUT2D eigenvalue weighted by atomic mass is 16.7. The Morgan fingerprint density at radius 3 is 2.60 bits per heavy atom. The lowest BCUT2D eigenvalue weighted by atomic mass is 9.52. The number of nitrogen functional groups attached to an aromatic ring is 1. The van der Waals surface area contributed by atoms with Gasteiger partial charge in [-0.25, -0.2) is 0 Å². The number of rotatable bonds is 1. The first kappa shape index (κ1) is 19.1. The van der Waals surface area contributed by atoms with E-state index in [2.05, 4.69) is 19.1 Å². The van der Waals surface area contributed by atoms with Crippen molar-refractivity contribution in [2.24, 2.45) is 23.2 Å². The summed E-state index contributed by atoms with van der Waals surface area (Å²) >= 11 is 0. The van der Waals surface area contributed by atoms with E-state index >= 15 is 0 Å². The molecule has 1 heterocycles. The number of anilines is 1. The highest BCUT2D eigenvalue weighted by molar-refractivity contribution is 5.82. The molecule has 1 spiro atoms. The monoisotopic (exact) mass is 407 g/mol. The van der Waals surface area contributed by atoms with Gasteiger partial charge in [-0.2, -0.15) is 0 Å². The molecule has 6 rings (SSSR count). The lowest BCUT2D eigenvalue weighted by Crippen LogP contribution is -2.44. The van der Waals surface area contributed by atoms with E-state index in [0.29, 0.717) is 29.5 Å². The molecule has 3 saturated carbocycles. The van der Waals surface area contributed by atoms with Gasteiger partial charge in [-0.1, -0.05) is 30.2 Å². The lowest BCUT2D eigenvalue weighted by molar-refractivity contribution is -0.181. The molecule has 4 heteroatoms. The van der Waals surface area contributed by atoms with Gasteiger partial charge in [-0.3, -0.25) is 4.79 Å². The molecule has 4 fully saturated rings. The van der Waals surface area contributed by atoms with Gasteiger partial charge in [0.1, 0.15) is 5.78 Å². The van der Waals surface area contributed by atoms with Crippen LogP contribution in [0.3, 0.4) is 0 Å².